The highest BCUT2D eigenvalue weighted by molar-refractivity contribution is 5.94. The van der Waals surface area contributed by atoms with Crippen LogP contribution in [0.3, 0.4) is 0 Å². The molecule has 0 aromatic heterocycles. The lowest BCUT2D eigenvalue weighted by molar-refractivity contribution is 0.0784. The first kappa shape index (κ1) is 13.1. The molecule has 0 aliphatic heterocycles. The van der Waals surface area contributed by atoms with Crippen molar-refractivity contribution in [1.29, 1.82) is 5.26 Å². The third kappa shape index (κ3) is 3.52. The van der Waals surface area contributed by atoms with E-state index in [0.29, 0.717) is 6.07 Å². The summed E-state index contributed by atoms with van der Waals surface area (Å²) in [6.07, 6.45) is 0. The van der Waals surface area contributed by atoms with Gasteiger partial charge in [-0.25, -0.2) is 8.78 Å². The normalized spacial score (nSPS) is 11.7. The summed E-state index contributed by atoms with van der Waals surface area (Å²) in [6.45, 7) is 1.88. The van der Waals surface area contributed by atoms with Gasteiger partial charge in [0.15, 0.2) is 0 Å². The molecule has 0 heterocycles. The summed E-state index contributed by atoms with van der Waals surface area (Å²) < 4.78 is 25.8. The second kappa shape index (κ2) is 5.39. The Hall–Kier alpha value is -1.96. The van der Waals surface area contributed by atoms with Crippen LogP contribution in [-0.2, 0) is 0 Å². The van der Waals surface area contributed by atoms with E-state index in [1.807, 2.05) is 6.07 Å². The van der Waals surface area contributed by atoms with E-state index < -0.39 is 17.5 Å². The van der Waals surface area contributed by atoms with Crippen molar-refractivity contribution in [1.82, 2.24) is 4.90 Å². The van der Waals surface area contributed by atoms with E-state index in [4.69, 9.17) is 5.26 Å². The highest BCUT2D eigenvalue weighted by Gasteiger charge is 2.15. The smallest absolute Gasteiger partial charge is 0.253 e. The van der Waals surface area contributed by atoms with E-state index in [2.05, 4.69) is 0 Å². The van der Waals surface area contributed by atoms with Gasteiger partial charge in [0.2, 0.25) is 0 Å². The summed E-state index contributed by atoms with van der Waals surface area (Å²) in [4.78, 5) is 13.0. The van der Waals surface area contributed by atoms with Crippen molar-refractivity contribution in [3.8, 4) is 6.07 Å². The molecule has 1 aromatic rings. The number of rotatable bonds is 3. The van der Waals surface area contributed by atoms with E-state index in [-0.39, 0.29) is 18.0 Å². The Labute approximate surface area is 98.3 Å². The van der Waals surface area contributed by atoms with Gasteiger partial charge in [-0.2, -0.15) is 5.26 Å². The Morgan fingerprint density at radius 2 is 1.94 bits per heavy atom. The van der Waals surface area contributed by atoms with Gasteiger partial charge >= 0.3 is 0 Å². The maximum absolute atomic E-state index is 12.9. The highest BCUT2D eigenvalue weighted by Crippen LogP contribution is 2.11. The molecule has 0 saturated carbocycles. The molecule has 0 aliphatic carbocycles. The van der Waals surface area contributed by atoms with E-state index in [1.54, 1.807) is 6.92 Å². The van der Waals surface area contributed by atoms with Crippen molar-refractivity contribution in [2.75, 3.05) is 13.6 Å². The number of benzene rings is 1. The van der Waals surface area contributed by atoms with Gasteiger partial charge in [0.1, 0.15) is 11.6 Å². The zero-order valence-electron chi connectivity index (χ0n) is 9.58. The lowest BCUT2D eigenvalue weighted by Gasteiger charge is -2.18. The molecule has 5 heteroatoms. The van der Waals surface area contributed by atoms with Crippen LogP contribution in [-0.4, -0.2) is 24.4 Å². The molecule has 1 rings (SSSR count). The number of carbonyl (C=O) groups excluding carboxylic acids is 1. The second-order valence-corrected chi connectivity index (χ2v) is 3.87. The van der Waals surface area contributed by atoms with Crippen molar-refractivity contribution < 1.29 is 13.6 Å². The topological polar surface area (TPSA) is 44.1 Å². The summed E-state index contributed by atoms with van der Waals surface area (Å²) in [7, 11) is 1.49. The Kier molecular flexibility index (Phi) is 4.16. The first-order chi connectivity index (χ1) is 7.93. The van der Waals surface area contributed by atoms with Crippen molar-refractivity contribution >= 4 is 5.91 Å². The van der Waals surface area contributed by atoms with Gasteiger partial charge in [0.05, 0.1) is 12.0 Å². The maximum Gasteiger partial charge on any atom is 0.253 e. The maximum atomic E-state index is 12.9. The Morgan fingerprint density at radius 1 is 1.41 bits per heavy atom. The summed E-state index contributed by atoms with van der Waals surface area (Å²) >= 11 is 0. The van der Waals surface area contributed by atoms with Gasteiger partial charge in [-0.05, 0) is 19.1 Å². The number of amides is 1. The minimum Gasteiger partial charge on any atom is -0.340 e. The van der Waals surface area contributed by atoms with E-state index in [1.165, 1.54) is 11.9 Å². The monoisotopic (exact) mass is 238 g/mol. The predicted molar refractivity (Wildman–Crippen MR) is 58.1 cm³/mol. The summed E-state index contributed by atoms with van der Waals surface area (Å²) in [5.74, 6) is -2.43. The van der Waals surface area contributed by atoms with Crippen LogP contribution in [0.2, 0.25) is 0 Å². The van der Waals surface area contributed by atoms with Gasteiger partial charge in [0.25, 0.3) is 5.91 Å². The molecule has 0 aliphatic rings. The van der Waals surface area contributed by atoms with Gasteiger partial charge < -0.3 is 4.90 Å². The molecule has 0 bridgehead atoms. The molecule has 1 atom stereocenters. The van der Waals surface area contributed by atoms with Crippen LogP contribution in [0.5, 0.6) is 0 Å². The van der Waals surface area contributed by atoms with Crippen molar-refractivity contribution in [3.63, 3.8) is 0 Å². The lowest BCUT2D eigenvalue weighted by Crippen LogP contribution is -2.30. The van der Waals surface area contributed by atoms with Crippen LogP contribution in [0.4, 0.5) is 8.78 Å². The number of nitriles is 1. The van der Waals surface area contributed by atoms with Crippen LogP contribution >= 0.6 is 0 Å². The number of halogens is 2. The van der Waals surface area contributed by atoms with Gasteiger partial charge in [-0.15, -0.1) is 0 Å². The zero-order chi connectivity index (χ0) is 13.0. The molecular weight excluding hydrogens is 226 g/mol. The second-order valence-electron chi connectivity index (χ2n) is 3.87. The third-order valence-electron chi connectivity index (χ3n) is 2.22. The molecular formula is C12H12F2N2O. The SMILES string of the molecule is CC(C#N)CN(C)C(=O)c1cc(F)cc(F)c1. The van der Waals surface area contributed by atoms with Crippen LogP contribution in [0.25, 0.3) is 0 Å². The first-order valence-corrected chi connectivity index (χ1v) is 5.05. The molecule has 90 valence electrons. The van der Waals surface area contributed by atoms with Crippen LogP contribution in [0.1, 0.15) is 17.3 Å². The van der Waals surface area contributed by atoms with E-state index >= 15 is 0 Å². The third-order valence-corrected chi connectivity index (χ3v) is 2.22. The fourth-order valence-electron chi connectivity index (χ4n) is 1.43. The summed E-state index contributed by atoms with van der Waals surface area (Å²) in [5.41, 5.74) is -0.0601. The van der Waals surface area contributed by atoms with E-state index in [0.717, 1.165) is 12.1 Å². The molecule has 1 unspecified atom stereocenters. The van der Waals surface area contributed by atoms with Gasteiger partial charge in [0, 0.05) is 25.2 Å². The Balaban J connectivity index is 2.86. The quantitative estimate of drug-likeness (QED) is 0.810. The molecule has 3 nitrogen and oxygen atoms in total. The predicted octanol–water partition coefficient (Wildman–Crippen LogP) is 2.20. The average Bonchev–Trinajstić information content (AvgIpc) is 2.26. The molecule has 1 aromatic carbocycles. The Bertz CT molecular complexity index is 448. The minimum absolute atomic E-state index is 0.0601. The van der Waals surface area contributed by atoms with Crippen LogP contribution in [0, 0.1) is 28.9 Å². The highest BCUT2D eigenvalue weighted by atomic mass is 19.1. The summed E-state index contributed by atoms with van der Waals surface area (Å²) in [6, 6.07) is 4.63. The van der Waals surface area contributed by atoms with Gasteiger partial charge in [-0.3, -0.25) is 4.79 Å². The fourth-order valence-corrected chi connectivity index (χ4v) is 1.43. The molecule has 0 spiro atoms. The number of nitrogens with zero attached hydrogens (tertiary/aromatic N) is 2. The van der Waals surface area contributed by atoms with Crippen molar-refractivity contribution in [2.45, 2.75) is 6.92 Å². The van der Waals surface area contributed by atoms with Crippen molar-refractivity contribution in [3.05, 3.63) is 35.4 Å². The molecule has 0 saturated heterocycles. The van der Waals surface area contributed by atoms with Crippen LogP contribution < -0.4 is 0 Å². The van der Waals surface area contributed by atoms with Crippen LogP contribution in [0.15, 0.2) is 18.2 Å². The zero-order valence-corrected chi connectivity index (χ0v) is 9.58. The number of carbonyl (C=O) groups is 1. The molecule has 0 radical (unpaired) electrons. The largest absolute Gasteiger partial charge is 0.340 e. The average molecular weight is 238 g/mol. The lowest BCUT2D eigenvalue weighted by atomic mass is 10.1. The van der Waals surface area contributed by atoms with E-state index in [9.17, 15) is 13.6 Å². The van der Waals surface area contributed by atoms with Crippen molar-refractivity contribution in [2.24, 2.45) is 5.92 Å². The molecule has 0 N–H and O–H groups in total. The summed E-state index contributed by atoms with van der Waals surface area (Å²) in [5, 5.41) is 8.62. The molecule has 1 amide bonds. The van der Waals surface area contributed by atoms with Gasteiger partial charge in [-0.1, -0.05) is 0 Å². The molecule has 0 fully saturated rings. The standard InChI is InChI=1S/C12H12F2N2O/c1-8(6-15)7-16(2)12(17)9-3-10(13)5-11(14)4-9/h3-5,8H,7H2,1-2H3. The fraction of sp³-hybridized carbons (Fsp3) is 0.333. The Morgan fingerprint density at radius 3 is 2.41 bits per heavy atom. The number of hydrogen-bond donors (Lipinski definition) is 0. The molecule has 17 heavy (non-hydrogen) atoms. The first-order valence-electron chi connectivity index (χ1n) is 5.05. The number of hydrogen-bond acceptors (Lipinski definition) is 2. The minimum atomic E-state index is -0.796.